The maximum Gasteiger partial charge on any atom is 0.303 e. The summed E-state index contributed by atoms with van der Waals surface area (Å²) in [5.74, 6) is 0.188. The molecule has 0 aliphatic heterocycles. The minimum absolute atomic E-state index is 0.0412. The average Bonchev–Trinajstić information content (AvgIpc) is 2.25. The molecule has 1 N–H and O–H groups in total. The molecule has 0 radical (unpaired) electrons. The Morgan fingerprint density at radius 2 is 2.27 bits per heavy atom. The molecule has 0 fully saturated rings. The van der Waals surface area contributed by atoms with Crippen LogP contribution in [0.5, 0.6) is 11.5 Å². The van der Waals surface area contributed by atoms with Crippen molar-refractivity contribution in [3.8, 4) is 11.5 Å². The molecule has 0 unspecified atom stereocenters. The molecule has 15 heavy (non-hydrogen) atoms. The Morgan fingerprint density at radius 1 is 1.53 bits per heavy atom. The van der Waals surface area contributed by atoms with Crippen LogP contribution < -0.4 is 9.03 Å². The second kappa shape index (κ2) is 5.46. The van der Waals surface area contributed by atoms with E-state index in [-0.39, 0.29) is 6.42 Å². The first-order chi connectivity index (χ1) is 7.17. The number of aryl methyl sites for hydroxylation is 1. The molecule has 0 bridgehead atoms. The normalized spacial score (nSPS) is 9.73. The molecular formula is C10H11ClO4. The molecule has 0 spiro atoms. The van der Waals surface area contributed by atoms with Crippen molar-refractivity contribution < 1.29 is 18.9 Å². The van der Waals surface area contributed by atoms with Crippen molar-refractivity contribution in [1.29, 1.82) is 0 Å². The van der Waals surface area contributed by atoms with E-state index in [0.29, 0.717) is 17.9 Å². The van der Waals surface area contributed by atoms with E-state index in [1.807, 2.05) is 0 Å². The summed E-state index contributed by atoms with van der Waals surface area (Å²) in [6.45, 7) is 0. The third kappa shape index (κ3) is 3.32. The van der Waals surface area contributed by atoms with Gasteiger partial charge in [-0.15, -0.1) is 0 Å². The standard InChI is InChI=1S/C10H11ClO4/c1-14-8-4-2-7(3-5-10(12)13)9(6-8)15-11/h2,4,6H,3,5H2,1H3,(H,12,13). The minimum atomic E-state index is -0.855. The van der Waals surface area contributed by atoms with Crippen LogP contribution in [0, 0.1) is 0 Å². The molecule has 0 amide bonds. The summed E-state index contributed by atoms with van der Waals surface area (Å²) in [5, 5.41) is 8.54. The highest BCUT2D eigenvalue weighted by Crippen LogP contribution is 2.26. The van der Waals surface area contributed by atoms with E-state index in [2.05, 4.69) is 4.29 Å². The first-order valence-corrected chi connectivity index (χ1v) is 4.65. The van der Waals surface area contributed by atoms with E-state index in [1.54, 1.807) is 18.2 Å². The van der Waals surface area contributed by atoms with Gasteiger partial charge < -0.3 is 14.1 Å². The topological polar surface area (TPSA) is 55.8 Å². The molecule has 0 aromatic heterocycles. The zero-order valence-electron chi connectivity index (χ0n) is 8.20. The molecule has 0 aliphatic carbocycles. The zero-order chi connectivity index (χ0) is 11.3. The average molecular weight is 231 g/mol. The highest BCUT2D eigenvalue weighted by Gasteiger charge is 2.07. The van der Waals surface area contributed by atoms with Crippen LogP contribution in [0.1, 0.15) is 12.0 Å². The Labute approximate surface area is 92.5 Å². The number of carboxylic acid groups (broad SMARTS) is 1. The van der Waals surface area contributed by atoms with Crippen LogP contribution in [0.25, 0.3) is 0 Å². The van der Waals surface area contributed by atoms with Gasteiger partial charge in [0, 0.05) is 12.5 Å². The summed E-state index contributed by atoms with van der Waals surface area (Å²) < 4.78 is 9.60. The van der Waals surface area contributed by atoms with Crippen LogP contribution >= 0.6 is 11.9 Å². The summed E-state index contributed by atoms with van der Waals surface area (Å²) in [5.41, 5.74) is 0.744. The fourth-order valence-electron chi connectivity index (χ4n) is 1.18. The number of carbonyl (C=O) groups is 1. The van der Waals surface area contributed by atoms with Crippen molar-refractivity contribution in [2.75, 3.05) is 7.11 Å². The lowest BCUT2D eigenvalue weighted by atomic mass is 10.1. The molecule has 82 valence electrons. The van der Waals surface area contributed by atoms with Gasteiger partial charge >= 0.3 is 5.97 Å². The van der Waals surface area contributed by atoms with Crippen molar-refractivity contribution in [1.82, 2.24) is 0 Å². The SMILES string of the molecule is COc1ccc(CCC(=O)O)c(OCl)c1. The monoisotopic (exact) mass is 230 g/mol. The van der Waals surface area contributed by atoms with E-state index in [4.69, 9.17) is 21.7 Å². The molecule has 0 aliphatic rings. The van der Waals surface area contributed by atoms with E-state index in [1.165, 1.54) is 7.11 Å². The van der Waals surface area contributed by atoms with Gasteiger partial charge in [-0.25, -0.2) is 0 Å². The summed E-state index contributed by atoms with van der Waals surface area (Å²) >= 11 is 5.27. The van der Waals surface area contributed by atoms with E-state index < -0.39 is 5.97 Å². The number of hydrogen-bond donors (Lipinski definition) is 1. The Hall–Kier alpha value is -1.42. The summed E-state index contributed by atoms with van der Waals surface area (Å²) in [6, 6.07) is 5.08. The van der Waals surface area contributed by atoms with Crippen molar-refractivity contribution in [3.63, 3.8) is 0 Å². The Kier molecular flexibility index (Phi) is 4.24. The van der Waals surface area contributed by atoms with Gasteiger partial charge in [0.05, 0.1) is 7.11 Å². The van der Waals surface area contributed by atoms with Crippen molar-refractivity contribution >= 4 is 17.8 Å². The maximum absolute atomic E-state index is 10.4. The molecular weight excluding hydrogens is 220 g/mol. The first kappa shape index (κ1) is 11.7. The van der Waals surface area contributed by atoms with Gasteiger partial charge in [0.25, 0.3) is 0 Å². The zero-order valence-corrected chi connectivity index (χ0v) is 8.95. The second-order valence-corrected chi connectivity index (χ2v) is 3.10. The van der Waals surface area contributed by atoms with Gasteiger partial charge in [-0.1, -0.05) is 6.07 Å². The van der Waals surface area contributed by atoms with E-state index in [0.717, 1.165) is 5.56 Å². The number of hydrogen-bond acceptors (Lipinski definition) is 3. The van der Waals surface area contributed by atoms with Gasteiger partial charge in [-0.3, -0.25) is 4.79 Å². The summed E-state index contributed by atoms with van der Waals surface area (Å²) in [7, 11) is 1.53. The van der Waals surface area contributed by atoms with Crippen molar-refractivity contribution in [2.24, 2.45) is 0 Å². The molecule has 0 heterocycles. The Morgan fingerprint density at radius 3 is 2.80 bits per heavy atom. The van der Waals surface area contributed by atoms with Gasteiger partial charge in [0.2, 0.25) is 0 Å². The number of carboxylic acids is 1. The van der Waals surface area contributed by atoms with Crippen LogP contribution in [0.15, 0.2) is 18.2 Å². The third-order valence-electron chi connectivity index (χ3n) is 1.97. The summed E-state index contributed by atoms with van der Waals surface area (Å²) in [4.78, 5) is 10.4. The Balaban J connectivity index is 2.82. The van der Waals surface area contributed by atoms with Gasteiger partial charge in [-0.2, -0.15) is 0 Å². The highest BCUT2D eigenvalue weighted by molar-refractivity contribution is 6.09. The molecule has 0 atom stereocenters. The second-order valence-electron chi connectivity index (χ2n) is 2.94. The molecule has 0 saturated carbocycles. The number of halogens is 1. The van der Waals surface area contributed by atoms with Crippen LogP contribution in [0.2, 0.25) is 0 Å². The first-order valence-electron chi connectivity index (χ1n) is 4.34. The number of methoxy groups -OCH3 is 1. The van der Waals surface area contributed by atoms with Gasteiger partial charge in [0.15, 0.2) is 5.75 Å². The van der Waals surface area contributed by atoms with Crippen LogP contribution in [0.4, 0.5) is 0 Å². The van der Waals surface area contributed by atoms with Gasteiger partial charge in [0.1, 0.15) is 17.6 Å². The lowest BCUT2D eigenvalue weighted by Crippen LogP contribution is -1.98. The third-order valence-corrected chi connectivity index (χ3v) is 2.13. The molecule has 1 aromatic rings. The van der Waals surface area contributed by atoms with Crippen molar-refractivity contribution in [2.45, 2.75) is 12.8 Å². The number of ether oxygens (including phenoxy) is 1. The Bertz CT molecular complexity index is 351. The molecule has 4 nitrogen and oxygen atoms in total. The quantitative estimate of drug-likeness (QED) is 0.843. The van der Waals surface area contributed by atoms with Crippen LogP contribution in [-0.4, -0.2) is 18.2 Å². The lowest BCUT2D eigenvalue weighted by Gasteiger charge is -2.07. The van der Waals surface area contributed by atoms with E-state index >= 15 is 0 Å². The fourth-order valence-corrected chi connectivity index (χ4v) is 1.33. The summed E-state index contributed by atoms with van der Waals surface area (Å²) in [6.07, 6.45) is 0.418. The predicted molar refractivity (Wildman–Crippen MR) is 55.4 cm³/mol. The smallest absolute Gasteiger partial charge is 0.303 e. The lowest BCUT2D eigenvalue weighted by molar-refractivity contribution is -0.136. The predicted octanol–water partition coefficient (Wildman–Crippen LogP) is 2.25. The minimum Gasteiger partial charge on any atom is -0.497 e. The maximum atomic E-state index is 10.4. The highest BCUT2D eigenvalue weighted by atomic mass is 35.5. The van der Waals surface area contributed by atoms with Gasteiger partial charge in [-0.05, 0) is 18.1 Å². The van der Waals surface area contributed by atoms with E-state index in [9.17, 15) is 4.79 Å². The fraction of sp³-hybridized carbons (Fsp3) is 0.300. The number of benzene rings is 1. The van der Waals surface area contributed by atoms with Crippen LogP contribution in [-0.2, 0) is 11.2 Å². The number of aliphatic carboxylic acids is 1. The molecule has 0 saturated heterocycles. The molecule has 1 rings (SSSR count). The largest absolute Gasteiger partial charge is 0.497 e. The molecule has 5 heteroatoms. The van der Waals surface area contributed by atoms with Crippen LogP contribution in [0.3, 0.4) is 0 Å². The van der Waals surface area contributed by atoms with Crippen molar-refractivity contribution in [3.05, 3.63) is 23.8 Å². The molecule has 1 aromatic carbocycles. The number of rotatable bonds is 5.